The van der Waals surface area contributed by atoms with Gasteiger partial charge in [-0.3, -0.25) is 0 Å². The van der Waals surface area contributed by atoms with Crippen LogP contribution in [0.5, 0.6) is 0 Å². The van der Waals surface area contributed by atoms with Crippen LogP contribution in [0, 0.1) is 0 Å². The van der Waals surface area contributed by atoms with Crippen molar-refractivity contribution < 1.29 is 23.4 Å². The maximum atomic E-state index is 8.88. The van der Waals surface area contributed by atoms with E-state index in [4.69, 9.17) is 23.4 Å². The van der Waals surface area contributed by atoms with Crippen LogP contribution in [0.25, 0.3) is 0 Å². The Balaban J connectivity index is 0. The van der Waals surface area contributed by atoms with Gasteiger partial charge in [0.1, 0.15) is 0 Å². The van der Waals surface area contributed by atoms with E-state index in [0.29, 0.717) is 16.6 Å². The Kier molecular flexibility index (Phi) is 7.17. The van der Waals surface area contributed by atoms with Crippen LogP contribution in [0.3, 0.4) is 0 Å². The largest absolute Gasteiger partial charge is 0.521 e. The van der Waals surface area contributed by atoms with Crippen LogP contribution in [0.4, 0.5) is 0 Å². The molecule has 0 heterocycles. The fourth-order valence-corrected chi connectivity index (χ4v) is 0. The van der Waals surface area contributed by atoms with Crippen molar-refractivity contribution in [1.82, 2.24) is 0 Å². The Morgan fingerprint density at radius 1 is 1.14 bits per heavy atom. The van der Waals surface area contributed by atoms with Gasteiger partial charge in [0.15, 0.2) is 0 Å². The normalized spacial score (nSPS) is 9.14. The lowest BCUT2D eigenvalue weighted by Crippen LogP contribution is -1.66. The van der Waals surface area contributed by atoms with Gasteiger partial charge in [-0.15, -0.1) is 0 Å². The molecule has 0 aromatic heterocycles. The maximum Gasteiger partial charge on any atom is 0.466 e. The predicted molar refractivity (Wildman–Crippen MR) is 25.0 cm³/mol. The monoisotopic (exact) mass is 144 g/mol. The van der Waals surface area contributed by atoms with Crippen LogP contribution >= 0.6 is 7.82 Å². The summed E-state index contributed by atoms with van der Waals surface area (Å²) in [4.78, 5) is 21.6. The average Bonchev–Trinajstić information content (AvgIpc) is 1.36. The van der Waals surface area contributed by atoms with E-state index in [1.807, 2.05) is 0 Å². The van der Waals surface area contributed by atoms with Gasteiger partial charge in [0, 0.05) is 0 Å². The lowest BCUT2D eigenvalue weighted by Gasteiger charge is -1.82. The van der Waals surface area contributed by atoms with Gasteiger partial charge in [0.05, 0.1) is 0 Å². The molecule has 0 aromatic rings. The van der Waals surface area contributed by atoms with Crippen LogP contribution in [-0.2, 0) is 4.57 Å². The number of phosphoric acid groups is 1. The van der Waals surface area contributed by atoms with Crippen LogP contribution in [0.15, 0.2) is 0 Å². The lowest BCUT2D eigenvalue weighted by molar-refractivity contribution is 0.275. The Labute approximate surface area is 48.6 Å². The molecule has 0 unspecified atom stereocenters. The van der Waals surface area contributed by atoms with Crippen LogP contribution in [0.1, 0.15) is 0 Å². The zero-order valence-corrected chi connectivity index (χ0v) is 6.54. The summed E-state index contributed by atoms with van der Waals surface area (Å²) >= 11 is 0.306. The number of hydrogen-bond donors (Lipinski definition) is 4. The predicted octanol–water partition coefficient (Wildman–Crippen LogP) is -2.40. The summed E-state index contributed by atoms with van der Waals surface area (Å²) in [5.74, 6) is 0. The SMILES string of the molecule is O=P(O)(O)O.[OH][AlH2]. The van der Waals surface area contributed by atoms with E-state index >= 15 is 0 Å². The molecule has 0 saturated carbocycles. The minimum Gasteiger partial charge on any atom is -0.521 e. The molecule has 7 heteroatoms. The van der Waals surface area contributed by atoms with Gasteiger partial charge in [0.25, 0.3) is 0 Å². The Morgan fingerprint density at radius 2 is 1.14 bits per heavy atom. The van der Waals surface area contributed by atoms with Gasteiger partial charge in [0.2, 0.25) is 0 Å². The molecule has 0 aliphatic carbocycles. The van der Waals surface area contributed by atoms with Crippen molar-refractivity contribution in [1.29, 1.82) is 0 Å². The van der Waals surface area contributed by atoms with Gasteiger partial charge >= 0.3 is 24.4 Å². The van der Waals surface area contributed by atoms with E-state index < -0.39 is 7.82 Å². The average molecular weight is 144 g/mol. The van der Waals surface area contributed by atoms with Crippen molar-refractivity contribution in [3.63, 3.8) is 0 Å². The summed E-state index contributed by atoms with van der Waals surface area (Å²) in [5, 5.41) is 0. The van der Waals surface area contributed by atoms with Gasteiger partial charge in [-0.25, -0.2) is 4.57 Å². The first-order chi connectivity index (χ1) is 3.00. The third-order valence-electron chi connectivity index (χ3n) is 0. The first kappa shape index (κ1) is 10.6. The topological polar surface area (TPSA) is 98.0 Å². The summed E-state index contributed by atoms with van der Waals surface area (Å²) in [6.07, 6.45) is 0. The minimum atomic E-state index is -4.64. The highest BCUT2D eigenvalue weighted by Gasteiger charge is 2.00. The smallest absolute Gasteiger partial charge is 0.466 e. The molecule has 0 saturated heterocycles. The summed E-state index contributed by atoms with van der Waals surface area (Å²) in [6, 6.07) is 0. The Morgan fingerprint density at radius 3 is 1.14 bits per heavy atom. The number of hydrogen-bond acceptors (Lipinski definition) is 2. The van der Waals surface area contributed by atoms with Gasteiger partial charge < -0.3 is 18.8 Å². The zero-order chi connectivity index (χ0) is 6.50. The molecule has 0 bridgehead atoms. The van der Waals surface area contributed by atoms with Gasteiger partial charge in [-0.2, -0.15) is 0 Å². The van der Waals surface area contributed by atoms with E-state index in [0.717, 1.165) is 0 Å². The highest BCUT2D eigenvalue weighted by Crippen LogP contribution is 2.25. The Bertz CT molecular complexity index is 54.2. The fourth-order valence-electron chi connectivity index (χ4n) is 0. The fraction of sp³-hybridized carbons (Fsp3) is 0. The third-order valence-corrected chi connectivity index (χ3v) is 0. The van der Waals surface area contributed by atoms with Crippen molar-refractivity contribution in [2.75, 3.05) is 0 Å². The van der Waals surface area contributed by atoms with Crippen molar-refractivity contribution in [2.24, 2.45) is 0 Å². The molecule has 0 aromatic carbocycles. The summed E-state index contributed by atoms with van der Waals surface area (Å²) in [7, 11) is -4.64. The quantitative estimate of drug-likeness (QED) is 0.224. The lowest BCUT2D eigenvalue weighted by atomic mass is 15.8. The van der Waals surface area contributed by atoms with Crippen molar-refractivity contribution in [3.8, 4) is 0 Å². The van der Waals surface area contributed by atoms with E-state index in [-0.39, 0.29) is 0 Å². The molecule has 0 atom stereocenters. The first-order valence-corrected chi connectivity index (χ1v) is 3.69. The van der Waals surface area contributed by atoms with Crippen molar-refractivity contribution in [3.05, 3.63) is 0 Å². The van der Waals surface area contributed by atoms with Crippen LogP contribution < -0.4 is 0 Å². The molecule has 0 spiro atoms. The minimum absolute atomic E-state index is 0.306. The molecule has 0 aliphatic rings. The molecule has 5 nitrogen and oxygen atoms in total. The molecule has 44 valence electrons. The standard InChI is InChI=1S/Al.H3O4P.H2O.2H/c;1-5(2,3)4;;;/h;(H3,1,2,3,4);1H2;;/q+1;;;;/p-1. The molecule has 7 heavy (non-hydrogen) atoms. The highest BCUT2D eigenvalue weighted by atomic mass is 31.2. The molecule has 0 amide bonds. The molecule has 4 N–H and O–H groups in total. The molecule has 0 rings (SSSR count). The number of rotatable bonds is 0. The molecular weight excluding hydrogens is 138 g/mol. The summed E-state index contributed by atoms with van der Waals surface area (Å²) in [6.45, 7) is 0. The maximum absolute atomic E-state index is 8.88. The van der Waals surface area contributed by atoms with E-state index in [1.165, 1.54) is 0 Å². The van der Waals surface area contributed by atoms with Gasteiger partial charge in [-0.05, 0) is 0 Å². The van der Waals surface area contributed by atoms with Crippen molar-refractivity contribution in [2.45, 2.75) is 0 Å². The van der Waals surface area contributed by atoms with E-state index in [9.17, 15) is 0 Å². The first-order valence-electron chi connectivity index (χ1n) is 1.23. The van der Waals surface area contributed by atoms with Crippen LogP contribution in [-0.4, -0.2) is 35.5 Å². The second kappa shape index (κ2) is 4.75. The van der Waals surface area contributed by atoms with E-state index in [2.05, 4.69) is 0 Å². The van der Waals surface area contributed by atoms with Crippen LogP contribution in [0.2, 0.25) is 0 Å². The third kappa shape index (κ3) is 385. The second-order valence-electron chi connectivity index (χ2n) is 0.513. The summed E-state index contributed by atoms with van der Waals surface area (Å²) < 4.78 is 16.0. The molecular formula is H6AlO5P. The molecule has 0 fully saturated rings. The molecule has 0 radical (unpaired) electrons. The highest BCUT2D eigenvalue weighted by molar-refractivity contribution is 7.45. The Hall–Kier alpha value is 0.602. The summed E-state index contributed by atoms with van der Waals surface area (Å²) in [5.41, 5.74) is 0. The van der Waals surface area contributed by atoms with Crippen molar-refractivity contribution >= 4 is 24.4 Å². The van der Waals surface area contributed by atoms with E-state index in [1.54, 1.807) is 0 Å². The van der Waals surface area contributed by atoms with Gasteiger partial charge in [-0.1, -0.05) is 0 Å². The molecule has 0 aliphatic heterocycles. The zero-order valence-electron chi connectivity index (χ0n) is 3.64. The second-order valence-corrected chi connectivity index (χ2v) is 1.54.